The maximum absolute atomic E-state index is 11.9. The molecular formula is C16H23NO3. The highest BCUT2D eigenvalue weighted by molar-refractivity contribution is 5.69. The molecule has 1 aromatic rings. The quantitative estimate of drug-likeness (QED) is 0.863. The Morgan fingerprint density at radius 2 is 2.30 bits per heavy atom. The minimum absolute atomic E-state index is 0.179. The van der Waals surface area contributed by atoms with Crippen molar-refractivity contribution in [1.29, 1.82) is 0 Å². The third kappa shape index (κ3) is 2.80. The second-order valence-electron chi connectivity index (χ2n) is 5.68. The van der Waals surface area contributed by atoms with Gasteiger partial charge in [-0.15, -0.1) is 0 Å². The van der Waals surface area contributed by atoms with Gasteiger partial charge < -0.3 is 14.7 Å². The van der Waals surface area contributed by atoms with Gasteiger partial charge in [0.1, 0.15) is 11.4 Å². The van der Waals surface area contributed by atoms with Gasteiger partial charge in [0.25, 0.3) is 0 Å². The molecule has 0 amide bonds. The van der Waals surface area contributed by atoms with E-state index in [1.165, 1.54) is 0 Å². The number of aromatic hydroxyl groups is 1. The molecule has 0 radical (unpaired) electrons. The summed E-state index contributed by atoms with van der Waals surface area (Å²) in [6.45, 7) is 5.64. The summed E-state index contributed by atoms with van der Waals surface area (Å²) in [7, 11) is 2.07. The van der Waals surface area contributed by atoms with Gasteiger partial charge in [-0.2, -0.15) is 0 Å². The topological polar surface area (TPSA) is 49.8 Å². The first-order chi connectivity index (χ1) is 9.48. The third-order valence-electron chi connectivity index (χ3n) is 4.17. The number of piperidine rings is 1. The predicted octanol–water partition coefficient (Wildman–Crippen LogP) is 2.51. The van der Waals surface area contributed by atoms with E-state index in [1.807, 2.05) is 6.07 Å². The highest BCUT2D eigenvalue weighted by Crippen LogP contribution is 2.41. The second-order valence-corrected chi connectivity index (χ2v) is 5.68. The lowest BCUT2D eigenvalue weighted by atomic mass is 9.76. The molecule has 1 fully saturated rings. The number of carbonyl (C=O) groups excluding carboxylic acids is 1. The average Bonchev–Trinajstić information content (AvgIpc) is 2.42. The monoisotopic (exact) mass is 277 g/mol. The molecule has 2 unspecified atom stereocenters. The van der Waals surface area contributed by atoms with Crippen LogP contribution < -0.4 is 0 Å². The molecule has 0 spiro atoms. The molecule has 4 nitrogen and oxygen atoms in total. The molecule has 0 bridgehead atoms. The Hall–Kier alpha value is -1.55. The number of hydrogen-bond acceptors (Lipinski definition) is 4. The first-order valence-corrected chi connectivity index (χ1v) is 7.18. The van der Waals surface area contributed by atoms with E-state index in [1.54, 1.807) is 25.1 Å². The molecule has 0 saturated carbocycles. The van der Waals surface area contributed by atoms with Crippen LogP contribution in [0.5, 0.6) is 5.75 Å². The molecule has 0 aliphatic carbocycles. The number of benzene rings is 1. The van der Waals surface area contributed by atoms with Crippen LogP contribution in [0.4, 0.5) is 0 Å². The van der Waals surface area contributed by atoms with Gasteiger partial charge in [-0.05, 0) is 24.7 Å². The Kier molecular flexibility index (Phi) is 4.33. The summed E-state index contributed by atoms with van der Waals surface area (Å²) < 4.78 is 5.85. The summed E-state index contributed by atoms with van der Waals surface area (Å²) in [5.41, 5.74) is 0.262. The Balaban J connectivity index is 2.40. The fourth-order valence-electron chi connectivity index (χ4n) is 2.99. The number of likely N-dealkylation sites (tertiary alicyclic amines) is 1. The van der Waals surface area contributed by atoms with Crippen molar-refractivity contribution < 1.29 is 14.6 Å². The number of phenolic OH excluding ortho intramolecular Hbond substituents is 1. The number of nitrogens with zero attached hydrogens (tertiary/aromatic N) is 1. The van der Waals surface area contributed by atoms with Crippen molar-refractivity contribution >= 4 is 5.97 Å². The number of phenols is 1. The van der Waals surface area contributed by atoms with Crippen LogP contribution in [0.3, 0.4) is 0 Å². The second kappa shape index (κ2) is 5.83. The van der Waals surface area contributed by atoms with Crippen LogP contribution in [-0.4, -0.2) is 36.1 Å². The largest absolute Gasteiger partial charge is 0.508 e. The summed E-state index contributed by atoms with van der Waals surface area (Å²) in [6, 6.07) is 7.09. The molecule has 1 aliphatic heterocycles. The molecule has 2 atom stereocenters. The predicted molar refractivity (Wildman–Crippen MR) is 77.4 cm³/mol. The SMILES string of the molecule is CCC(=O)OC1(c2cccc(O)c2)CCN(C)CC1C. The fraction of sp³-hybridized carbons (Fsp3) is 0.562. The molecule has 20 heavy (non-hydrogen) atoms. The van der Waals surface area contributed by atoms with Crippen molar-refractivity contribution in [2.24, 2.45) is 5.92 Å². The number of rotatable bonds is 3. The summed E-state index contributed by atoms with van der Waals surface area (Å²) in [5.74, 6) is 0.198. The van der Waals surface area contributed by atoms with Gasteiger partial charge in [-0.3, -0.25) is 4.79 Å². The van der Waals surface area contributed by atoms with Crippen molar-refractivity contribution in [1.82, 2.24) is 4.90 Å². The van der Waals surface area contributed by atoms with Crippen molar-refractivity contribution in [3.63, 3.8) is 0 Å². The molecule has 1 saturated heterocycles. The lowest BCUT2D eigenvalue weighted by Crippen LogP contribution is -2.50. The number of esters is 1. The molecule has 2 rings (SSSR count). The summed E-state index contributed by atoms with van der Waals surface area (Å²) in [5, 5.41) is 9.74. The van der Waals surface area contributed by atoms with Gasteiger partial charge in [-0.1, -0.05) is 26.0 Å². The van der Waals surface area contributed by atoms with Gasteiger partial charge in [-0.25, -0.2) is 0 Å². The van der Waals surface area contributed by atoms with Crippen LogP contribution in [0.2, 0.25) is 0 Å². The van der Waals surface area contributed by atoms with Gasteiger partial charge in [0.15, 0.2) is 0 Å². The van der Waals surface area contributed by atoms with Gasteiger partial charge >= 0.3 is 5.97 Å². The molecular weight excluding hydrogens is 254 g/mol. The lowest BCUT2D eigenvalue weighted by molar-refractivity contribution is -0.174. The first kappa shape index (κ1) is 14.9. The van der Waals surface area contributed by atoms with E-state index in [-0.39, 0.29) is 17.6 Å². The highest BCUT2D eigenvalue weighted by atomic mass is 16.6. The first-order valence-electron chi connectivity index (χ1n) is 7.18. The number of hydrogen-bond donors (Lipinski definition) is 1. The van der Waals surface area contributed by atoms with E-state index in [0.717, 1.165) is 25.1 Å². The maximum Gasteiger partial charge on any atom is 0.306 e. The maximum atomic E-state index is 11.9. The zero-order chi connectivity index (χ0) is 14.8. The molecule has 1 aromatic carbocycles. The van der Waals surface area contributed by atoms with Crippen LogP contribution in [0, 0.1) is 5.92 Å². The van der Waals surface area contributed by atoms with Crippen molar-refractivity contribution in [3.05, 3.63) is 29.8 Å². The van der Waals surface area contributed by atoms with Gasteiger partial charge in [0, 0.05) is 31.8 Å². The Bertz CT molecular complexity index is 488. The Morgan fingerprint density at radius 3 is 2.90 bits per heavy atom. The lowest BCUT2D eigenvalue weighted by Gasteiger charge is -2.45. The normalized spacial score (nSPS) is 27.2. The molecule has 1 N–H and O–H groups in total. The van der Waals surface area contributed by atoms with E-state index in [9.17, 15) is 9.90 Å². The molecule has 1 aliphatic rings. The van der Waals surface area contributed by atoms with Crippen molar-refractivity contribution in [3.8, 4) is 5.75 Å². The van der Waals surface area contributed by atoms with E-state index >= 15 is 0 Å². The average molecular weight is 277 g/mol. The van der Waals surface area contributed by atoms with Gasteiger partial charge in [0.2, 0.25) is 0 Å². The third-order valence-corrected chi connectivity index (χ3v) is 4.17. The van der Waals surface area contributed by atoms with Crippen LogP contribution in [0.15, 0.2) is 24.3 Å². The highest BCUT2D eigenvalue weighted by Gasteiger charge is 2.44. The Labute approximate surface area is 120 Å². The van der Waals surface area contributed by atoms with E-state index in [4.69, 9.17) is 4.74 Å². The van der Waals surface area contributed by atoms with Crippen LogP contribution in [0.1, 0.15) is 32.3 Å². The molecule has 0 aromatic heterocycles. The smallest absolute Gasteiger partial charge is 0.306 e. The van der Waals surface area contributed by atoms with E-state index in [0.29, 0.717) is 6.42 Å². The Morgan fingerprint density at radius 1 is 1.55 bits per heavy atom. The van der Waals surface area contributed by atoms with E-state index < -0.39 is 5.60 Å². The van der Waals surface area contributed by atoms with Crippen LogP contribution >= 0.6 is 0 Å². The minimum Gasteiger partial charge on any atom is -0.508 e. The zero-order valence-corrected chi connectivity index (χ0v) is 12.4. The fourth-order valence-corrected chi connectivity index (χ4v) is 2.99. The van der Waals surface area contributed by atoms with Crippen LogP contribution in [0.25, 0.3) is 0 Å². The van der Waals surface area contributed by atoms with Crippen LogP contribution in [-0.2, 0) is 15.1 Å². The van der Waals surface area contributed by atoms with E-state index in [2.05, 4.69) is 18.9 Å². The van der Waals surface area contributed by atoms with Gasteiger partial charge in [0.05, 0.1) is 0 Å². The summed E-state index contributed by atoms with van der Waals surface area (Å²) >= 11 is 0. The summed E-state index contributed by atoms with van der Waals surface area (Å²) in [4.78, 5) is 14.1. The van der Waals surface area contributed by atoms with Crippen molar-refractivity contribution in [2.75, 3.05) is 20.1 Å². The standard InChI is InChI=1S/C16H23NO3/c1-4-15(19)20-16(8-9-17(3)11-12(16)2)13-6-5-7-14(18)10-13/h5-7,10,12,18H,4,8-9,11H2,1-3H3. The summed E-state index contributed by atoms with van der Waals surface area (Å²) in [6.07, 6.45) is 1.11. The van der Waals surface area contributed by atoms with Crippen molar-refractivity contribution in [2.45, 2.75) is 32.3 Å². The minimum atomic E-state index is -0.627. The number of ether oxygens (including phenoxy) is 1. The molecule has 110 valence electrons. The molecule has 4 heteroatoms. The molecule has 1 heterocycles. The number of carbonyl (C=O) groups is 1. The zero-order valence-electron chi connectivity index (χ0n) is 12.4.